The minimum absolute atomic E-state index is 0.0156. The lowest BCUT2D eigenvalue weighted by atomic mass is 10.2. The molecular weight excluding hydrogens is 294 g/mol. The van der Waals surface area contributed by atoms with Crippen molar-refractivity contribution in [2.24, 2.45) is 0 Å². The molecule has 0 aliphatic carbocycles. The molecule has 1 aromatic carbocycles. The highest BCUT2D eigenvalue weighted by atomic mass is 35.5. The van der Waals surface area contributed by atoms with E-state index in [1.165, 1.54) is 23.8 Å². The van der Waals surface area contributed by atoms with E-state index >= 15 is 0 Å². The Kier molecular flexibility index (Phi) is 4.08. The predicted molar refractivity (Wildman–Crippen MR) is 69.9 cm³/mol. The summed E-state index contributed by atoms with van der Waals surface area (Å²) in [6.07, 6.45) is 0. The third-order valence-electron chi connectivity index (χ3n) is 2.73. The maximum absolute atomic E-state index is 12.3. The fraction of sp³-hybridized carbons (Fsp3) is 0.333. The van der Waals surface area contributed by atoms with Crippen LogP contribution in [0, 0.1) is 0 Å². The number of fused-ring (bicyclic) bond motifs is 1. The molecule has 0 saturated heterocycles. The van der Waals surface area contributed by atoms with E-state index in [1.807, 2.05) is 0 Å². The summed E-state index contributed by atoms with van der Waals surface area (Å²) in [5, 5.41) is 0.202. The number of hydrogen-bond acceptors (Lipinski definition) is 4. The van der Waals surface area contributed by atoms with Gasteiger partial charge in [0.2, 0.25) is 5.28 Å². The van der Waals surface area contributed by atoms with Gasteiger partial charge < -0.3 is 9.47 Å². The first-order valence-corrected chi connectivity index (χ1v) is 6.08. The molecule has 5 nitrogen and oxygen atoms in total. The second kappa shape index (κ2) is 5.62. The van der Waals surface area contributed by atoms with Crippen molar-refractivity contribution in [1.82, 2.24) is 9.55 Å². The number of ether oxygens (including phenoxy) is 2. The molecule has 0 fully saturated rings. The maximum Gasteiger partial charge on any atom is 0.387 e. The zero-order chi connectivity index (χ0) is 14.9. The molecule has 0 spiro atoms. The van der Waals surface area contributed by atoms with Gasteiger partial charge in [-0.05, 0) is 24.6 Å². The van der Waals surface area contributed by atoms with Gasteiger partial charge in [0.1, 0.15) is 0 Å². The first kappa shape index (κ1) is 14.5. The van der Waals surface area contributed by atoms with E-state index in [4.69, 9.17) is 16.3 Å². The smallest absolute Gasteiger partial charge is 0.387 e. The van der Waals surface area contributed by atoms with E-state index in [2.05, 4.69) is 9.72 Å². The third kappa shape index (κ3) is 2.53. The van der Waals surface area contributed by atoms with Gasteiger partial charge in [-0.2, -0.15) is 8.78 Å². The molecule has 0 bridgehead atoms. The minimum atomic E-state index is -3.01. The van der Waals surface area contributed by atoms with Crippen LogP contribution in [0.1, 0.15) is 6.92 Å². The van der Waals surface area contributed by atoms with E-state index in [1.54, 1.807) is 6.92 Å². The number of nitrogens with zero attached hydrogens (tertiary/aromatic N) is 2. The highest BCUT2D eigenvalue weighted by Gasteiger charge is 2.16. The summed E-state index contributed by atoms with van der Waals surface area (Å²) >= 11 is 5.87. The van der Waals surface area contributed by atoms with Gasteiger partial charge >= 0.3 is 6.61 Å². The van der Waals surface area contributed by atoms with Gasteiger partial charge in [0.15, 0.2) is 11.5 Å². The zero-order valence-electron chi connectivity index (χ0n) is 10.7. The number of halogens is 3. The molecule has 2 aromatic rings. The van der Waals surface area contributed by atoms with Crippen LogP contribution in [0.3, 0.4) is 0 Å². The molecule has 0 N–H and O–H groups in total. The second-order valence-electron chi connectivity index (χ2n) is 3.83. The van der Waals surface area contributed by atoms with E-state index in [9.17, 15) is 13.6 Å². The molecule has 0 aliphatic rings. The zero-order valence-corrected chi connectivity index (χ0v) is 11.4. The number of rotatable bonds is 4. The lowest BCUT2D eigenvalue weighted by molar-refractivity contribution is -0.0511. The first-order chi connectivity index (χ1) is 9.47. The van der Waals surface area contributed by atoms with E-state index in [-0.39, 0.29) is 33.2 Å². The Bertz CT molecular complexity index is 703. The third-order valence-corrected chi connectivity index (χ3v) is 3.01. The quantitative estimate of drug-likeness (QED) is 0.815. The molecule has 1 aromatic heterocycles. The Labute approximate surface area is 117 Å². The number of methoxy groups -OCH3 is 1. The van der Waals surface area contributed by atoms with E-state index < -0.39 is 6.61 Å². The van der Waals surface area contributed by atoms with Gasteiger partial charge in [0.25, 0.3) is 5.56 Å². The van der Waals surface area contributed by atoms with Crippen LogP contribution >= 0.6 is 11.6 Å². The Morgan fingerprint density at radius 1 is 1.40 bits per heavy atom. The van der Waals surface area contributed by atoms with Crippen LogP contribution in [-0.4, -0.2) is 23.3 Å². The molecule has 2 rings (SSSR count). The van der Waals surface area contributed by atoms with Crippen molar-refractivity contribution in [3.63, 3.8) is 0 Å². The topological polar surface area (TPSA) is 53.4 Å². The average Bonchev–Trinajstić information content (AvgIpc) is 2.38. The molecule has 0 saturated carbocycles. The van der Waals surface area contributed by atoms with E-state index in [0.29, 0.717) is 6.54 Å². The monoisotopic (exact) mass is 304 g/mol. The van der Waals surface area contributed by atoms with Crippen LogP contribution in [0.5, 0.6) is 11.5 Å². The Balaban J connectivity index is 2.74. The number of benzene rings is 1. The van der Waals surface area contributed by atoms with Gasteiger partial charge in [-0.1, -0.05) is 0 Å². The normalized spacial score (nSPS) is 11.1. The van der Waals surface area contributed by atoms with Crippen LogP contribution in [0.15, 0.2) is 16.9 Å². The lowest BCUT2D eigenvalue weighted by Crippen LogP contribution is -2.21. The van der Waals surface area contributed by atoms with Gasteiger partial charge in [-0.3, -0.25) is 9.36 Å². The summed E-state index contributed by atoms with van der Waals surface area (Å²) in [7, 11) is 1.29. The largest absolute Gasteiger partial charge is 0.493 e. The standard InChI is InChI=1S/C12H11ClF2N2O3/c1-3-17-10(18)6-4-8(19-2)9(20-12(14)15)5-7(6)16-11(17)13/h4-5,12H,3H2,1-2H3. The van der Waals surface area contributed by atoms with Crippen molar-refractivity contribution in [3.05, 3.63) is 27.8 Å². The number of aromatic nitrogens is 2. The Morgan fingerprint density at radius 3 is 2.65 bits per heavy atom. The molecular formula is C12H11ClF2N2O3. The van der Waals surface area contributed by atoms with Crippen molar-refractivity contribution >= 4 is 22.5 Å². The number of alkyl halides is 2. The van der Waals surface area contributed by atoms with E-state index in [0.717, 1.165) is 0 Å². The Morgan fingerprint density at radius 2 is 2.10 bits per heavy atom. The van der Waals surface area contributed by atoms with Crippen molar-refractivity contribution < 1.29 is 18.3 Å². The summed E-state index contributed by atoms with van der Waals surface area (Å²) < 4.78 is 35.2. The summed E-state index contributed by atoms with van der Waals surface area (Å²) in [5.41, 5.74) is -0.203. The molecule has 108 valence electrons. The molecule has 20 heavy (non-hydrogen) atoms. The molecule has 8 heteroatoms. The average molecular weight is 305 g/mol. The molecule has 0 unspecified atom stereocenters. The molecule has 0 atom stereocenters. The van der Waals surface area contributed by atoms with Gasteiger partial charge in [0.05, 0.1) is 18.0 Å². The van der Waals surface area contributed by atoms with Crippen molar-refractivity contribution in [3.8, 4) is 11.5 Å². The lowest BCUT2D eigenvalue weighted by Gasteiger charge is -2.12. The molecule has 1 heterocycles. The SMILES string of the molecule is CCn1c(Cl)nc2cc(OC(F)F)c(OC)cc2c1=O. The summed E-state index contributed by atoms with van der Waals surface area (Å²) in [5.74, 6) is -0.172. The van der Waals surface area contributed by atoms with Crippen LogP contribution in [-0.2, 0) is 6.54 Å². The van der Waals surface area contributed by atoms with Gasteiger partial charge in [-0.25, -0.2) is 4.98 Å². The summed E-state index contributed by atoms with van der Waals surface area (Å²) in [4.78, 5) is 16.2. The minimum Gasteiger partial charge on any atom is -0.493 e. The fourth-order valence-electron chi connectivity index (χ4n) is 1.82. The van der Waals surface area contributed by atoms with Crippen LogP contribution in [0.4, 0.5) is 8.78 Å². The van der Waals surface area contributed by atoms with Crippen LogP contribution in [0.2, 0.25) is 5.28 Å². The Hall–Kier alpha value is -1.89. The van der Waals surface area contributed by atoms with Crippen molar-refractivity contribution in [2.75, 3.05) is 7.11 Å². The second-order valence-corrected chi connectivity index (χ2v) is 4.17. The van der Waals surface area contributed by atoms with Crippen molar-refractivity contribution in [2.45, 2.75) is 20.1 Å². The van der Waals surface area contributed by atoms with Gasteiger partial charge in [0, 0.05) is 12.6 Å². The molecule has 0 amide bonds. The predicted octanol–water partition coefficient (Wildman–Crippen LogP) is 2.68. The maximum atomic E-state index is 12.3. The first-order valence-electron chi connectivity index (χ1n) is 5.70. The summed E-state index contributed by atoms with van der Waals surface area (Å²) in [6, 6.07) is 2.51. The molecule has 0 radical (unpaired) electrons. The summed E-state index contributed by atoms with van der Waals surface area (Å²) in [6.45, 7) is -0.919. The highest BCUT2D eigenvalue weighted by Crippen LogP contribution is 2.32. The van der Waals surface area contributed by atoms with Crippen LogP contribution in [0.25, 0.3) is 10.9 Å². The van der Waals surface area contributed by atoms with Gasteiger partial charge in [-0.15, -0.1) is 0 Å². The number of hydrogen-bond donors (Lipinski definition) is 0. The fourth-order valence-corrected chi connectivity index (χ4v) is 2.11. The van der Waals surface area contributed by atoms with Crippen LogP contribution < -0.4 is 15.0 Å². The molecule has 0 aliphatic heterocycles. The van der Waals surface area contributed by atoms with Crippen molar-refractivity contribution in [1.29, 1.82) is 0 Å². The highest BCUT2D eigenvalue weighted by molar-refractivity contribution is 6.28.